The van der Waals surface area contributed by atoms with E-state index in [1.807, 2.05) is 31.3 Å². The molecule has 13 heteroatoms. The van der Waals surface area contributed by atoms with Gasteiger partial charge in [-0.3, -0.25) is 9.59 Å². The third kappa shape index (κ3) is 8.59. The van der Waals surface area contributed by atoms with Gasteiger partial charge in [-0.05, 0) is 6.92 Å². The molecular weight excluding hydrogens is 740 g/mol. The third-order valence-corrected chi connectivity index (χ3v) is 13.3. The summed E-state index contributed by atoms with van der Waals surface area (Å²) in [6, 6.07) is 9.09. The van der Waals surface area contributed by atoms with Crippen LogP contribution in [-0.4, -0.2) is 77.2 Å². The quantitative estimate of drug-likeness (QED) is 0.103. The first-order valence-corrected chi connectivity index (χ1v) is 19.7. The van der Waals surface area contributed by atoms with Gasteiger partial charge in [-0.1, -0.05) is 0 Å². The van der Waals surface area contributed by atoms with Crippen LogP contribution in [0, 0.1) is 5.82 Å². The molecule has 2 aromatic heterocycles. The number of ether oxygens (including phenoxy) is 1. The van der Waals surface area contributed by atoms with Crippen LogP contribution in [-0.2, 0) is 32.7 Å². The average Bonchev–Trinajstić information content (AvgIpc) is 3.63. The Morgan fingerprint density at radius 1 is 0.939 bits per heavy atom. The molecule has 0 spiro atoms. The van der Waals surface area contributed by atoms with E-state index in [0.29, 0.717) is 5.56 Å². The van der Waals surface area contributed by atoms with E-state index in [0.717, 1.165) is 62.9 Å². The number of hydrogen-bond donors (Lipinski definition) is 2. The Bertz CT molecular complexity index is 1790. The molecule has 2 amide bonds. The maximum absolute atomic E-state index is 15.8. The number of rotatable bonds is 11. The van der Waals surface area contributed by atoms with Crippen molar-refractivity contribution >= 4 is 39.6 Å². The Morgan fingerprint density at radius 3 is 2.43 bits per heavy atom. The normalized spacial score (nSPS) is 16.9. The second-order valence-corrected chi connectivity index (χ2v) is 16.7. The number of halogens is 2. The number of hydrogen-bond acceptors (Lipinski definition) is 7. The molecule has 264 valence electrons. The summed E-state index contributed by atoms with van der Waals surface area (Å²) in [6.07, 6.45) is 13.2. The van der Waals surface area contributed by atoms with E-state index in [9.17, 15) is 14.4 Å². The predicted octanol–water partition coefficient (Wildman–Crippen LogP) is 1.82. The average molecular weight is 787 g/mol. The van der Waals surface area contributed by atoms with Crippen molar-refractivity contribution in [2.24, 2.45) is 7.05 Å². The summed E-state index contributed by atoms with van der Waals surface area (Å²) < 4.78 is 27.6. The number of carbonyl (C=O) groups is 3. The first kappa shape index (κ1) is 35.2. The van der Waals surface area contributed by atoms with Crippen LogP contribution in [0.2, 0.25) is 0 Å². The Labute approximate surface area is 296 Å². The molecule has 1 saturated carbocycles. The molecule has 2 aliphatic rings. The Balaban J connectivity index is 1.24. The fourth-order valence-electron chi connectivity index (χ4n) is 7.00. The molecule has 0 atom stereocenters. The van der Waals surface area contributed by atoms with E-state index in [4.69, 9.17) is 9.84 Å². The zero-order chi connectivity index (χ0) is 34.3. The number of piperidine rings is 1. The second kappa shape index (κ2) is 16.4. The topological polar surface area (TPSA) is 123 Å². The van der Waals surface area contributed by atoms with Crippen molar-refractivity contribution in [3.63, 3.8) is 0 Å². The number of amides is 2. The van der Waals surface area contributed by atoms with E-state index in [-0.39, 0.29) is 59.5 Å². The van der Waals surface area contributed by atoms with Crippen LogP contribution in [0.25, 0.3) is 32.9 Å². The van der Waals surface area contributed by atoms with Gasteiger partial charge < -0.3 is 10.1 Å². The molecule has 1 saturated heterocycles. The Hall–Kier alpha value is -3.59. The van der Waals surface area contributed by atoms with Crippen LogP contribution in [0.4, 0.5) is 4.39 Å². The van der Waals surface area contributed by atoms with Crippen molar-refractivity contribution in [2.45, 2.75) is 81.1 Å². The molecule has 2 fully saturated rings. The minimum atomic E-state index is -0.542. The van der Waals surface area contributed by atoms with Crippen LogP contribution in [0.3, 0.4) is 0 Å². The summed E-state index contributed by atoms with van der Waals surface area (Å²) in [7, 11) is 1.84. The molecular formula is C36H46FIN7O4-. The number of aryl methyl sites for hydroxylation is 1. The molecule has 0 bridgehead atoms. The Kier molecular flexibility index (Phi) is 11.8. The van der Waals surface area contributed by atoms with E-state index in [2.05, 4.69) is 18.8 Å². The number of esters is 1. The van der Waals surface area contributed by atoms with Gasteiger partial charge >= 0.3 is 258 Å². The van der Waals surface area contributed by atoms with Crippen molar-refractivity contribution in [1.29, 1.82) is 0 Å². The summed E-state index contributed by atoms with van der Waals surface area (Å²) in [5.41, 5.74) is 3.66. The van der Waals surface area contributed by atoms with E-state index in [1.54, 1.807) is 22.5 Å². The van der Waals surface area contributed by atoms with Gasteiger partial charge in [0.05, 0.1) is 6.61 Å². The van der Waals surface area contributed by atoms with Gasteiger partial charge in [0.25, 0.3) is 0 Å². The molecule has 1 aliphatic heterocycles. The molecule has 6 rings (SSSR count). The van der Waals surface area contributed by atoms with Gasteiger partial charge in [0.15, 0.2) is 0 Å². The molecule has 49 heavy (non-hydrogen) atoms. The molecule has 1 aliphatic carbocycles. The summed E-state index contributed by atoms with van der Waals surface area (Å²) in [5.74, 6) is -1.60. The van der Waals surface area contributed by atoms with Gasteiger partial charge in [-0.15, -0.1) is 0 Å². The Morgan fingerprint density at radius 2 is 1.67 bits per heavy atom. The van der Waals surface area contributed by atoms with Gasteiger partial charge in [0, 0.05) is 0 Å². The molecule has 11 nitrogen and oxygen atoms in total. The van der Waals surface area contributed by atoms with Crippen molar-refractivity contribution < 1.29 is 45.0 Å². The number of alkyl halides is 1. The van der Waals surface area contributed by atoms with Gasteiger partial charge in [-0.2, -0.15) is 0 Å². The first-order valence-electron chi connectivity index (χ1n) is 17.5. The van der Waals surface area contributed by atoms with Gasteiger partial charge in [0.2, 0.25) is 0 Å². The zero-order valence-corrected chi connectivity index (χ0v) is 30.5. The monoisotopic (exact) mass is 786 g/mol. The summed E-state index contributed by atoms with van der Waals surface area (Å²) >= 11 is -0.0228. The number of aromatic nitrogens is 4. The predicted molar refractivity (Wildman–Crippen MR) is 182 cm³/mol. The van der Waals surface area contributed by atoms with Crippen molar-refractivity contribution in [2.75, 3.05) is 32.8 Å². The minimum absolute atomic E-state index is 0.0228. The zero-order valence-electron chi connectivity index (χ0n) is 28.4. The van der Waals surface area contributed by atoms with Crippen molar-refractivity contribution in [3.8, 4) is 11.1 Å². The standard InChI is InChI=1S/C36H46FIN7O4/c1-3-49-34(48)22-40-32(46)21-39-33(47)23-45-30-13-9-12-27(28-19-31-25(18-29(28)37)20-41-43(31)2)35(30)36(42-45)24-14-16-44(17-15-24)38-26-10-7-5-4-6-8-11-26/h9,12-13,18-20,24,26H,3-8,10-11,14-17,21-23H2,1-2H3,(H,39,47)(H,40,46)/q-1. The second-order valence-electron chi connectivity index (χ2n) is 13.0. The number of nitrogens with one attached hydrogen (secondary N) is 2. The summed E-state index contributed by atoms with van der Waals surface area (Å²) in [5, 5.41) is 16.0. The number of carbonyl (C=O) groups excluding carboxylic acids is 3. The van der Waals surface area contributed by atoms with Crippen molar-refractivity contribution in [1.82, 2.24) is 33.3 Å². The van der Waals surface area contributed by atoms with E-state index < -0.39 is 17.8 Å². The third-order valence-electron chi connectivity index (χ3n) is 9.54. The van der Waals surface area contributed by atoms with Gasteiger partial charge in [0.1, 0.15) is 6.54 Å². The van der Waals surface area contributed by atoms with Crippen molar-refractivity contribution in [3.05, 3.63) is 48.0 Å². The fraction of sp³-hybridized carbons (Fsp3) is 0.528. The fourth-order valence-corrected chi connectivity index (χ4v) is 10.7. The van der Waals surface area contributed by atoms with Crippen LogP contribution < -0.4 is 32.1 Å². The van der Waals surface area contributed by atoms with Crippen LogP contribution >= 0.6 is 0 Å². The van der Waals surface area contributed by atoms with E-state index in [1.165, 1.54) is 51.0 Å². The van der Waals surface area contributed by atoms with E-state index >= 15 is 4.39 Å². The summed E-state index contributed by atoms with van der Waals surface area (Å²) in [6.45, 7) is 3.31. The molecule has 4 aromatic rings. The number of fused-ring (bicyclic) bond motifs is 2. The SMILES string of the molecule is CCOC(=O)CNC(=O)CNC(=O)Cn1nc(C2CCN([I-]C3CCCCCCC3)CC2)c2c(-c3cc4c(cnn4C)cc3F)cccc21. The van der Waals surface area contributed by atoms with Gasteiger partial charge in [-0.25, -0.2) is 0 Å². The molecule has 2 aromatic carbocycles. The molecule has 0 unspecified atom stereocenters. The van der Waals surface area contributed by atoms with Crippen LogP contribution in [0.15, 0.2) is 36.5 Å². The molecule has 3 heterocycles. The van der Waals surface area contributed by atoms with Crippen LogP contribution in [0.5, 0.6) is 0 Å². The number of nitrogens with zero attached hydrogens (tertiary/aromatic N) is 5. The first-order chi connectivity index (χ1) is 23.8. The molecule has 2 N–H and O–H groups in total. The maximum atomic E-state index is 15.8. The number of benzene rings is 2. The summed E-state index contributed by atoms with van der Waals surface area (Å²) in [4.78, 5) is 36.9. The van der Waals surface area contributed by atoms with Crippen LogP contribution in [0.1, 0.15) is 76.3 Å². The molecule has 0 radical (unpaired) electrons.